The average molecular weight is 2030 g/mol. The second-order valence-corrected chi connectivity index (χ2v) is 34.1. The highest BCUT2D eigenvalue weighted by atomic mass is 16.7. The number of ketones is 3. The summed E-state index contributed by atoms with van der Waals surface area (Å²) in [6.07, 6.45) is -13.3. The molecule has 2 aliphatic heterocycles. The fourth-order valence-corrected chi connectivity index (χ4v) is 16.4. The van der Waals surface area contributed by atoms with Gasteiger partial charge >= 0.3 is 65.7 Å². The number of ether oxygens (including phenoxy) is 22. The Balaban J connectivity index is 1.30. The molecule has 0 spiro atoms. The molecule has 0 radical (unpaired) electrons. The van der Waals surface area contributed by atoms with Crippen molar-refractivity contribution in [2.24, 2.45) is 23.7 Å². The molecule has 6 amide bonds. The van der Waals surface area contributed by atoms with Gasteiger partial charge in [0.05, 0.1) is 104 Å². The van der Waals surface area contributed by atoms with E-state index in [1.165, 1.54) is 80.5 Å². The van der Waals surface area contributed by atoms with E-state index in [2.05, 4.69) is 21.3 Å². The molecule has 4 N–H and O–H groups in total. The number of nitrogens with one attached hydrogen (secondary N) is 4. The summed E-state index contributed by atoms with van der Waals surface area (Å²) in [5, 5.41) is 10.6. The van der Waals surface area contributed by atoms with Gasteiger partial charge in [-0.25, -0.2) is 0 Å². The van der Waals surface area contributed by atoms with Crippen LogP contribution in [0.15, 0.2) is 18.2 Å². The number of carbonyl (C=O) groups is 21. The molecular weight excluding hydrogens is 1890 g/mol. The fraction of sp³-hybridized carbons (Fsp3) is 0.710. The Morgan fingerprint density at radius 1 is 0.380 bits per heavy atom. The molecule has 20 unspecified atom stereocenters. The smallest absolute Gasteiger partial charge is 0.325 e. The predicted octanol–water partition coefficient (Wildman–Crippen LogP) is 0.372. The minimum atomic E-state index is -1.28. The van der Waals surface area contributed by atoms with Crippen LogP contribution < -0.4 is 30.7 Å². The van der Waals surface area contributed by atoms with Crippen molar-refractivity contribution in [2.75, 3.05) is 138 Å². The van der Waals surface area contributed by atoms with Crippen molar-refractivity contribution in [3.8, 4) is 11.5 Å². The molecule has 0 bridgehead atoms. The monoisotopic (exact) mass is 2020 g/mol. The van der Waals surface area contributed by atoms with Crippen LogP contribution in [0.4, 0.5) is 0 Å². The van der Waals surface area contributed by atoms with Crippen molar-refractivity contribution in [1.29, 1.82) is 0 Å². The first-order valence-corrected chi connectivity index (χ1v) is 46.5. The minimum absolute atomic E-state index is 0.0344. The Labute approximate surface area is 821 Å². The summed E-state index contributed by atoms with van der Waals surface area (Å²) in [5.74, 6) is -16.5. The van der Waals surface area contributed by atoms with Crippen molar-refractivity contribution in [3.63, 3.8) is 0 Å². The van der Waals surface area contributed by atoms with Crippen LogP contribution in [0.3, 0.4) is 0 Å². The number of Topliss-reactive ketones (excluding diaryl/α,β-unsaturated/α-hetero) is 3. The minimum Gasteiger partial charge on any atom is -0.484 e. The Bertz CT molecular complexity index is 4190. The Morgan fingerprint density at radius 3 is 1.20 bits per heavy atom. The SMILES string of the molecule is CC(=O)CC1C(CCCOCCNC(=O)CN(CC(=O)CCCOCCOC2CC(COC(C)=O)C(OC(C)=O)C(OC(C)=O)C2NC(C)=O)C(=O)COc2cc(C=O)cc(OCC(=O)N(CC(=O)CCCOCCOC3OC(C)C(OC(C)=O)C(OC(C)=O)C3NC(C)=O)CC(=O)OCCOCCOC3OC(C)C(OC(C)=O)C(OC(C)=O)C3NC(C)=O)c2)CC(COC(C)=O)C(OC(C)=O)C1OC(C)=O. The molecule has 4 aliphatic rings. The van der Waals surface area contributed by atoms with E-state index >= 15 is 0 Å². The third-order valence-electron chi connectivity index (χ3n) is 22.0. The summed E-state index contributed by atoms with van der Waals surface area (Å²) in [4.78, 5) is 270. The predicted molar refractivity (Wildman–Crippen MR) is 480 cm³/mol. The van der Waals surface area contributed by atoms with E-state index in [-0.39, 0.29) is 160 Å². The van der Waals surface area contributed by atoms with E-state index in [0.29, 0.717) is 25.5 Å². The highest BCUT2D eigenvalue weighted by Crippen LogP contribution is 2.43. The van der Waals surface area contributed by atoms with Crippen molar-refractivity contribution in [2.45, 2.75) is 266 Å². The lowest BCUT2D eigenvalue weighted by Gasteiger charge is -2.45. The van der Waals surface area contributed by atoms with Crippen LogP contribution in [0, 0.1) is 23.7 Å². The number of hydrogen-bond acceptors (Lipinski definition) is 43. The second-order valence-electron chi connectivity index (χ2n) is 34.1. The molecule has 5 rings (SSSR count). The quantitative estimate of drug-likeness (QED) is 0.0296. The molecule has 49 heteroatoms. The van der Waals surface area contributed by atoms with Gasteiger partial charge in [-0.2, -0.15) is 0 Å². The number of nitrogens with zero attached hydrogens (tertiary/aromatic N) is 2. The molecule has 2 aliphatic carbocycles. The zero-order valence-corrected chi connectivity index (χ0v) is 83.0. The van der Waals surface area contributed by atoms with E-state index < -0.39 is 274 Å². The lowest BCUT2D eigenvalue weighted by Crippen LogP contribution is -2.65. The van der Waals surface area contributed by atoms with Gasteiger partial charge in [-0.1, -0.05) is 0 Å². The number of hydrogen-bond donors (Lipinski definition) is 4. The normalized spacial score (nSPS) is 23.8. The van der Waals surface area contributed by atoms with Gasteiger partial charge in [0, 0.05) is 165 Å². The van der Waals surface area contributed by atoms with E-state index in [9.17, 15) is 101 Å². The largest absolute Gasteiger partial charge is 0.484 e. The summed E-state index contributed by atoms with van der Waals surface area (Å²) in [5.41, 5.74) is -0.122. The molecule has 20 atom stereocenters. The van der Waals surface area contributed by atoms with Crippen molar-refractivity contribution in [1.82, 2.24) is 31.1 Å². The second kappa shape index (κ2) is 63.2. The number of rotatable bonds is 62. The van der Waals surface area contributed by atoms with E-state index in [1.807, 2.05) is 0 Å². The number of amides is 6. The van der Waals surface area contributed by atoms with Gasteiger partial charge in [-0.3, -0.25) is 95.9 Å². The van der Waals surface area contributed by atoms with Gasteiger partial charge in [0.25, 0.3) is 11.8 Å². The number of benzene rings is 1. The summed E-state index contributed by atoms with van der Waals surface area (Å²) < 4.78 is 125. The third-order valence-corrected chi connectivity index (χ3v) is 22.0. The van der Waals surface area contributed by atoms with Crippen LogP contribution in [0.2, 0.25) is 0 Å². The van der Waals surface area contributed by atoms with Crippen LogP contribution >= 0.6 is 0 Å². The van der Waals surface area contributed by atoms with Gasteiger partial charge < -0.3 is 140 Å². The molecule has 49 nitrogen and oxygen atoms in total. The van der Waals surface area contributed by atoms with Gasteiger partial charge in [-0.05, 0) is 77.3 Å². The maximum atomic E-state index is 14.4. The Hall–Kier alpha value is -11.9. The summed E-state index contributed by atoms with van der Waals surface area (Å²) >= 11 is 0. The van der Waals surface area contributed by atoms with Crippen molar-refractivity contribution >= 4 is 125 Å². The summed E-state index contributed by atoms with van der Waals surface area (Å²) in [6, 6.07) is 0.202. The highest BCUT2D eigenvalue weighted by Gasteiger charge is 2.54. The van der Waals surface area contributed by atoms with Crippen molar-refractivity contribution in [3.05, 3.63) is 23.8 Å². The molecule has 1 aromatic rings. The number of esters is 11. The molecule has 0 aromatic heterocycles. The summed E-state index contributed by atoms with van der Waals surface area (Å²) in [7, 11) is 0. The first-order valence-electron chi connectivity index (χ1n) is 46.5. The molecule has 1 aromatic carbocycles. The molecule has 142 heavy (non-hydrogen) atoms. The molecule has 2 saturated heterocycles. The van der Waals surface area contributed by atoms with Crippen LogP contribution in [0.25, 0.3) is 0 Å². The topological polar surface area (TPSA) is 616 Å². The lowest BCUT2D eigenvalue weighted by atomic mass is 9.67. The van der Waals surface area contributed by atoms with Crippen LogP contribution in [0.5, 0.6) is 11.5 Å². The lowest BCUT2D eigenvalue weighted by molar-refractivity contribution is -0.269. The van der Waals surface area contributed by atoms with E-state index in [0.717, 1.165) is 51.3 Å². The zero-order chi connectivity index (χ0) is 105. The van der Waals surface area contributed by atoms with Crippen LogP contribution in [-0.2, 0) is 191 Å². The Kier molecular flexibility index (Phi) is 53.7. The van der Waals surface area contributed by atoms with E-state index in [1.54, 1.807) is 6.92 Å². The fourth-order valence-electron chi connectivity index (χ4n) is 16.4. The van der Waals surface area contributed by atoms with Gasteiger partial charge in [0.15, 0.2) is 67.9 Å². The molecule has 796 valence electrons. The molecule has 4 fully saturated rings. The summed E-state index contributed by atoms with van der Waals surface area (Å²) in [6.45, 7) is 12.7. The highest BCUT2D eigenvalue weighted by molar-refractivity contribution is 5.91. The van der Waals surface area contributed by atoms with E-state index in [4.69, 9.17) is 104 Å². The van der Waals surface area contributed by atoms with Crippen molar-refractivity contribution < 1.29 is 205 Å². The zero-order valence-electron chi connectivity index (χ0n) is 83.0. The number of aldehydes is 1. The first-order chi connectivity index (χ1) is 67.2. The van der Waals surface area contributed by atoms with Gasteiger partial charge in [0.1, 0.15) is 73.7 Å². The molecule has 2 heterocycles. The standard InChI is InChI=1S/C93H136N6O43/c1-51(101)36-75-68(39-69(47-129-57(7)105)86(137-61(11)109)88(75)139-63(13)111)20-17-24-121-27-23-94-77(117)44-98(42-71(115)21-18-25-122-28-32-125-76-40-70(48-130-58(8)106)87(138-62(12)110)89(140-64(14)112)81(76)95-54(4)102)78(118)49-131-73-37-67(46-100)38-74(41-73)132-50-79(119)99(43-72(116)22-19-26-123-30-34-127-92-82(96-55(5)103)90(141-65(15)113)84(52(2)133-92)135-59(9)107)45-80(120)126-33-29-124-31-35-128-93-83(97-56(6)104)91(142-66(16)114)85(53(3)134-93)136-60(10)108/h37-38,41,46,52-53,68-70,75-76,81-93H,17-36,39-40,42-45,47-50H2,1-16H3,(H,94,117)(H,95,102)(H,96,103)(H,97,104). The van der Waals surface area contributed by atoms with Gasteiger partial charge in [0.2, 0.25) is 23.6 Å². The first kappa shape index (κ1) is 121. The van der Waals surface area contributed by atoms with Gasteiger partial charge in [-0.15, -0.1) is 0 Å². The van der Waals surface area contributed by atoms with Crippen LogP contribution in [0.1, 0.15) is 179 Å². The van der Waals surface area contributed by atoms with Crippen LogP contribution in [-0.4, -0.2) is 371 Å². The Morgan fingerprint density at radius 2 is 0.761 bits per heavy atom. The maximum absolute atomic E-state index is 14.4. The molecule has 2 saturated carbocycles. The number of carbonyl (C=O) groups excluding carboxylic acids is 21. The third kappa shape index (κ3) is 45.2. The molecular formula is C93H136N6O43. The average Bonchev–Trinajstić information content (AvgIpc) is 0.773. The maximum Gasteiger partial charge on any atom is 0.325 e.